The highest BCUT2D eigenvalue weighted by molar-refractivity contribution is 7.98. The second kappa shape index (κ2) is 7.99. The fourth-order valence-electron chi connectivity index (χ4n) is 1.56. The van der Waals surface area contributed by atoms with Crippen molar-refractivity contribution in [3.63, 3.8) is 0 Å². The summed E-state index contributed by atoms with van der Waals surface area (Å²) in [4.78, 5) is 7.63. The van der Waals surface area contributed by atoms with Crippen LogP contribution in [0.15, 0.2) is 0 Å². The van der Waals surface area contributed by atoms with Crippen LogP contribution in [0.3, 0.4) is 0 Å². The number of methoxy groups -OCH3 is 1. The van der Waals surface area contributed by atoms with Crippen molar-refractivity contribution in [2.75, 3.05) is 31.1 Å². The van der Waals surface area contributed by atoms with Crippen LogP contribution in [0.25, 0.3) is 0 Å². The van der Waals surface area contributed by atoms with E-state index in [1.165, 1.54) is 0 Å². The molecule has 1 rings (SSSR count). The number of hydrogen-bond acceptors (Lipinski definition) is 6. The quantitative estimate of drug-likeness (QED) is 0.796. The van der Waals surface area contributed by atoms with Crippen molar-refractivity contribution < 1.29 is 9.84 Å². The van der Waals surface area contributed by atoms with Crippen molar-refractivity contribution in [1.29, 1.82) is 0 Å². The maximum atomic E-state index is 9.31. The van der Waals surface area contributed by atoms with E-state index in [-0.39, 0.29) is 6.61 Å². The van der Waals surface area contributed by atoms with Crippen LogP contribution < -0.4 is 4.90 Å². The van der Waals surface area contributed by atoms with Gasteiger partial charge >= 0.3 is 0 Å². The molecule has 0 bridgehead atoms. The van der Waals surface area contributed by atoms with E-state index in [4.69, 9.17) is 4.74 Å². The average molecular weight is 290 g/mol. The van der Waals surface area contributed by atoms with Gasteiger partial charge in [-0.15, -0.1) is 0 Å². The van der Waals surface area contributed by atoms with Crippen LogP contribution in [-0.4, -0.2) is 42.3 Å². The van der Waals surface area contributed by atoms with Gasteiger partial charge in [0.05, 0.1) is 23.8 Å². The Hall–Kier alpha value is -0.300. The maximum Gasteiger partial charge on any atom is 0.185 e. The normalized spacial score (nSPS) is 12.7. The highest BCUT2D eigenvalue weighted by Crippen LogP contribution is 2.28. The smallest absolute Gasteiger partial charge is 0.185 e. The minimum atomic E-state index is 0.0311. The molecule has 0 saturated carbocycles. The second-order valence-corrected chi connectivity index (χ2v) is 6.25. The van der Waals surface area contributed by atoms with Gasteiger partial charge in [0.1, 0.15) is 0 Å². The van der Waals surface area contributed by atoms with Crippen molar-refractivity contribution in [1.82, 2.24) is 4.98 Å². The number of thiazole rings is 1. The summed E-state index contributed by atoms with van der Waals surface area (Å²) in [5, 5.41) is 10.3. The van der Waals surface area contributed by atoms with Crippen LogP contribution in [0.5, 0.6) is 0 Å². The van der Waals surface area contributed by atoms with Crippen LogP contribution in [0.2, 0.25) is 0 Å². The standard InChI is InChI=1S/C12H22N2O2S2/c1-9(5-6-17-4)14(2)12-13-10(8-16-3)11(7-15)18-12/h9,15H,5-8H2,1-4H3. The van der Waals surface area contributed by atoms with Crippen molar-refractivity contribution in [3.8, 4) is 0 Å². The molecule has 0 saturated heterocycles. The van der Waals surface area contributed by atoms with E-state index in [1.54, 1.807) is 18.4 Å². The number of aliphatic hydroxyl groups is 1. The summed E-state index contributed by atoms with van der Waals surface area (Å²) in [6.45, 7) is 2.69. The number of rotatable bonds is 8. The van der Waals surface area contributed by atoms with Gasteiger partial charge in [-0.25, -0.2) is 4.98 Å². The van der Waals surface area contributed by atoms with E-state index in [0.717, 1.165) is 27.9 Å². The molecule has 0 aliphatic rings. The van der Waals surface area contributed by atoms with Crippen molar-refractivity contribution in [3.05, 3.63) is 10.6 Å². The van der Waals surface area contributed by atoms with Gasteiger partial charge in [0, 0.05) is 20.2 Å². The van der Waals surface area contributed by atoms with Crippen LogP contribution in [0.1, 0.15) is 23.9 Å². The molecule has 1 unspecified atom stereocenters. The lowest BCUT2D eigenvalue weighted by Gasteiger charge is -2.23. The maximum absolute atomic E-state index is 9.31. The number of aromatic nitrogens is 1. The van der Waals surface area contributed by atoms with Gasteiger partial charge in [-0.2, -0.15) is 11.8 Å². The van der Waals surface area contributed by atoms with Crippen LogP contribution >= 0.6 is 23.1 Å². The summed E-state index contributed by atoms with van der Waals surface area (Å²) in [6.07, 6.45) is 3.25. The molecule has 6 heteroatoms. The van der Waals surface area contributed by atoms with Gasteiger partial charge in [0.25, 0.3) is 0 Å². The first-order valence-electron chi connectivity index (χ1n) is 5.94. The van der Waals surface area contributed by atoms with Gasteiger partial charge in [-0.05, 0) is 25.4 Å². The van der Waals surface area contributed by atoms with Gasteiger partial charge in [0.15, 0.2) is 5.13 Å². The molecule has 1 aromatic rings. The molecule has 0 amide bonds. The zero-order chi connectivity index (χ0) is 13.5. The zero-order valence-corrected chi connectivity index (χ0v) is 13.1. The lowest BCUT2D eigenvalue weighted by molar-refractivity contribution is 0.179. The molecule has 18 heavy (non-hydrogen) atoms. The first kappa shape index (κ1) is 15.8. The van der Waals surface area contributed by atoms with Gasteiger partial charge < -0.3 is 14.7 Å². The minimum Gasteiger partial charge on any atom is -0.391 e. The zero-order valence-electron chi connectivity index (χ0n) is 11.5. The number of thioether (sulfide) groups is 1. The fraction of sp³-hybridized carbons (Fsp3) is 0.750. The Kier molecular flexibility index (Phi) is 6.99. The first-order chi connectivity index (χ1) is 8.63. The Labute approximate surface area is 117 Å². The topological polar surface area (TPSA) is 45.6 Å². The Balaban J connectivity index is 2.75. The monoisotopic (exact) mass is 290 g/mol. The van der Waals surface area contributed by atoms with Crippen molar-refractivity contribution >= 4 is 28.2 Å². The van der Waals surface area contributed by atoms with Crippen molar-refractivity contribution in [2.24, 2.45) is 0 Å². The Morgan fingerprint density at radius 1 is 1.56 bits per heavy atom. The van der Waals surface area contributed by atoms with Crippen LogP contribution in [-0.2, 0) is 18.0 Å². The molecule has 1 heterocycles. The fourth-order valence-corrected chi connectivity index (χ4v) is 3.13. The third-order valence-electron chi connectivity index (χ3n) is 2.89. The first-order valence-corrected chi connectivity index (χ1v) is 8.15. The molecule has 0 aliphatic carbocycles. The second-order valence-electron chi connectivity index (χ2n) is 4.20. The Morgan fingerprint density at radius 2 is 2.28 bits per heavy atom. The molecule has 4 nitrogen and oxygen atoms in total. The van der Waals surface area contributed by atoms with E-state index in [0.29, 0.717) is 12.6 Å². The third kappa shape index (κ3) is 4.12. The summed E-state index contributed by atoms with van der Waals surface area (Å²) in [6, 6.07) is 0.450. The number of ether oxygens (including phenoxy) is 1. The van der Waals surface area contributed by atoms with E-state index >= 15 is 0 Å². The molecule has 0 radical (unpaired) electrons. The van der Waals surface area contributed by atoms with Crippen LogP contribution in [0.4, 0.5) is 5.13 Å². The Bertz CT molecular complexity index is 358. The summed E-state index contributed by atoms with van der Waals surface area (Å²) in [7, 11) is 3.70. The highest BCUT2D eigenvalue weighted by Gasteiger charge is 2.17. The summed E-state index contributed by atoms with van der Waals surface area (Å²) in [5.74, 6) is 1.15. The SMILES string of the molecule is COCc1nc(N(C)C(C)CCSC)sc1CO. The molecule has 104 valence electrons. The van der Waals surface area contributed by atoms with E-state index in [1.807, 2.05) is 11.8 Å². The third-order valence-corrected chi connectivity index (χ3v) is 4.71. The molecule has 0 aromatic carbocycles. The van der Waals surface area contributed by atoms with E-state index in [2.05, 4.69) is 30.1 Å². The summed E-state index contributed by atoms with van der Waals surface area (Å²) < 4.78 is 5.10. The molecule has 1 atom stereocenters. The molecule has 0 spiro atoms. The van der Waals surface area contributed by atoms with Crippen molar-refractivity contribution in [2.45, 2.75) is 32.6 Å². The minimum absolute atomic E-state index is 0.0311. The molecule has 0 aliphatic heterocycles. The lowest BCUT2D eigenvalue weighted by atomic mass is 10.2. The largest absolute Gasteiger partial charge is 0.391 e. The average Bonchev–Trinajstić information content (AvgIpc) is 2.78. The molecular weight excluding hydrogens is 268 g/mol. The highest BCUT2D eigenvalue weighted by atomic mass is 32.2. The Morgan fingerprint density at radius 3 is 2.83 bits per heavy atom. The molecule has 0 fully saturated rings. The van der Waals surface area contributed by atoms with Gasteiger partial charge in [0.2, 0.25) is 0 Å². The van der Waals surface area contributed by atoms with Gasteiger partial charge in [-0.3, -0.25) is 0 Å². The van der Waals surface area contributed by atoms with Gasteiger partial charge in [-0.1, -0.05) is 11.3 Å². The van der Waals surface area contributed by atoms with Crippen LogP contribution in [0, 0.1) is 0 Å². The number of nitrogens with zero attached hydrogens (tertiary/aromatic N) is 2. The molecule has 1 N–H and O–H groups in total. The predicted octanol–water partition coefficient (Wildman–Crippen LogP) is 2.36. The number of aliphatic hydroxyl groups excluding tert-OH is 1. The lowest BCUT2D eigenvalue weighted by Crippen LogP contribution is -2.29. The predicted molar refractivity (Wildman–Crippen MR) is 79.6 cm³/mol. The van der Waals surface area contributed by atoms with E-state index in [9.17, 15) is 5.11 Å². The van der Waals surface area contributed by atoms with E-state index < -0.39 is 0 Å². The number of anilines is 1. The molecule has 1 aromatic heterocycles. The summed E-state index contributed by atoms with van der Waals surface area (Å²) >= 11 is 3.41. The summed E-state index contributed by atoms with van der Waals surface area (Å²) in [5.41, 5.74) is 0.851. The number of hydrogen-bond donors (Lipinski definition) is 1. The molecular formula is C12H22N2O2S2.